The van der Waals surface area contributed by atoms with E-state index in [0.717, 1.165) is 118 Å². The molecule has 0 radical (unpaired) electrons. The van der Waals surface area contributed by atoms with E-state index in [0.29, 0.717) is 11.8 Å². The monoisotopic (exact) mass is 895 g/mol. The topological polar surface area (TPSA) is 80.3 Å². The summed E-state index contributed by atoms with van der Waals surface area (Å²) in [7, 11) is 0. The van der Waals surface area contributed by atoms with Gasteiger partial charge in [0, 0.05) is 27.6 Å². The number of fused-ring (bicyclic) bond motifs is 5. The summed E-state index contributed by atoms with van der Waals surface area (Å²) < 4.78 is 2.02. The predicted molar refractivity (Wildman–Crippen MR) is 290 cm³/mol. The molecular weight excluding hydrogens is 829 g/mol. The Hall–Kier alpha value is -7.05. The number of rotatable bonds is 10. The lowest BCUT2D eigenvalue weighted by Gasteiger charge is -2.41. The van der Waals surface area contributed by atoms with E-state index in [9.17, 15) is 10.8 Å². The Bertz CT molecular complexity index is 3110. The van der Waals surface area contributed by atoms with Gasteiger partial charge in [0.2, 0.25) is 11.9 Å². The van der Waals surface area contributed by atoms with Crippen LogP contribution in [0.5, 0.6) is 0 Å². The highest BCUT2D eigenvalue weighted by atomic mass is 15.3. The number of allylic oxidation sites excluding steroid dienone is 22. The molecule has 0 amide bonds. The largest absolute Gasteiger partial charge is 0.326 e. The molecule has 344 valence electrons. The van der Waals surface area contributed by atoms with Crippen molar-refractivity contribution in [1.29, 1.82) is 10.8 Å². The Morgan fingerprint density at radius 3 is 2.35 bits per heavy atom. The second-order valence-corrected chi connectivity index (χ2v) is 19.4. The Morgan fingerprint density at radius 1 is 0.838 bits per heavy atom. The summed E-state index contributed by atoms with van der Waals surface area (Å²) in [5.74, 6) is 1.40. The highest BCUT2D eigenvalue weighted by Crippen LogP contribution is 2.51. The van der Waals surface area contributed by atoms with Crippen molar-refractivity contribution in [2.45, 2.75) is 98.3 Å². The third kappa shape index (κ3) is 8.92. The maximum absolute atomic E-state index is 9.87. The number of nitrogens with zero attached hydrogens (tertiary/aromatic N) is 3. The molecule has 4 aromatic rings. The summed E-state index contributed by atoms with van der Waals surface area (Å²) in [6.45, 7) is 17.6. The van der Waals surface area contributed by atoms with Gasteiger partial charge < -0.3 is 5.32 Å². The van der Waals surface area contributed by atoms with Gasteiger partial charge in [0.1, 0.15) is 0 Å². The molecule has 4 aliphatic carbocycles. The molecule has 2 unspecified atom stereocenters. The van der Waals surface area contributed by atoms with Crippen LogP contribution in [0.3, 0.4) is 0 Å². The normalized spacial score (nSPS) is 20.4. The number of benzene rings is 3. The minimum Gasteiger partial charge on any atom is -0.326 e. The molecule has 0 spiro atoms. The third-order valence-electron chi connectivity index (χ3n) is 14.7. The molecule has 0 saturated heterocycles. The quantitative estimate of drug-likeness (QED) is 0.0842. The molecule has 9 rings (SSSR count). The van der Waals surface area contributed by atoms with Gasteiger partial charge in [-0.3, -0.25) is 20.3 Å². The van der Waals surface area contributed by atoms with Crippen LogP contribution < -0.4 is 10.2 Å². The smallest absolute Gasteiger partial charge is 0.227 e. The van der Waals surface area contributed by atoms with Crippen LogP contribution >= 0.6 is 0 Å². The van der Waals surface area contributed by atoms with Crippen molar-refractivity contribution in [3.63, 3.8) is 0 Å². The van der Waals surface area contributed by atoms with Crippen molar-refractivity contribution < 1.29 is 0 Å². The van der Waals surface area contributed by atoms with E-state index < -0.39 is 0 Å². The number of anilines is 2. The second kappa shape index (κ2) is 19.7. The highest BCUT2D eigenvalue weighted by Gasteiger charge is 2.39. The van der Waals surface area contributed by atoms with E-state index in [1.54, 1.807) is 0 Å². The molecule has 2 heterocycles. The standard InChI is InChI=1S/C62H66N6/c1-8-20-50(38-44-30-32-48(33-31-44)46-22-12-10-13-23-46)42(4)65-60(63)68-57-29-19-17-27-54(57)62(6,7)55-39-53-52-26-16-18-28-56(52)67(58(53)40-59(55)68)61(64)66-43(5)51(21-9-2)41(3)45-34-36-49(37-35-45)47-24-14-11-15-25-47/h8,10-12,14-20,22,24,26-30,32,34-36,38-40,47,49,63H,5,9,13,21,23,25,31,33,37H2,1-4,6-7H3,(H2,64,66)/b20-8?,50-38?,51-41+,63-60?,65-42?. The first-order valence-electron chi connectivity index (χ1n) is 24.7. The maximum Gasteiger partial charge on any atom is 0.227 e. The van der Waals surface area contributed by atoms with E-state index in [1.165, 1.54) is 27.9 Å². The molecule has 2 atom stereocenters. The van der Waals surface area contributed by atoms with Gasteiger partial charge in [0.25, 0.3) is 0 Å². The molecule has 6 heteroatoms. The molecule has 1 aliphatic heterocycles. The minimum absolute atomic E-state index is 0.136. The zero-order chi connectivity index (χ0) is 47.5. The van der Waals surface area contributed by atoms with Crippen LogP contribution in [0.1, 0.15) is 104 Å². The van der Waals surface area contributed by atoms with E-state index in [2.05, 4.69) is 179 Å². The Labute approximate surface area is 404 Å². The van der Waals surface area contributed by atoms with Gasteiger partial charge in [-0.25, -0.2) is 4.99 Å². The molecule has 5 aliphatic rings. The molecule has 68 heavy (non-hydrogen) atoms. The first-order chi connectivity index (χ1) is 33.0. The lowest BCUT2D eigenvalue weighted by atomic mass is 9.73. The lowest BCUT2D eigenvalue weighted by Crippen LogP contribution is -2.36. The number of hydrogen-bond donors (Lipinski definition) is 3. The molecule has 0 saturated carbocycles. The summed E-state index contributed by atoms with van der Waals surface area (Å²) in [5, 5.41) is 25.3. The third-order valence-corrected chi connectivity index (χ3v) is 14.7. The van der Waals surface area contributed by atoms with E-state index in [-0.39, 0.29) is 17.3 Å². The Kier molecular flexibility index (Phi) is 13.3. The van der Waals surface area contributed by atoms with Gasteiger partial charge in [-0.1, -0.05) is 155 Å². The molecule has 1 aromatic heterocycles. The zero-order valence-corrected chi connectivity index (χ0v) is 40.8. The Balaban J connectivity index is 1.08. The number of aromatic nitrogens is 1. The zero-order valence-electron chi connectivity index (χ0n) is 40.8. The van der Waals surface area contributed by atoms with Crippen LogP contribution in [0.25, 0.3) is 21.8 Å². The summed E-state index contributed by atoms with van der Waals surface area (Å²) in [6, 6.07) is 21.3. The lowest BCUT2D eigenvalue weighted by molar-refractivity contribution is 0.476. The van der Waals surface area contributed by atoms with Gasteiger partial charge in [0.15, 0.2) is 0 Å². The molecule has 3 aromatic carbocycles. The van der Waals surface area contributed by atoms with Crippen LogP contribution in [0.4, 0.5) is 11.4 Å². The van der Waals surface area contributed by atoms with Crippen molar-refractivity contribution >= 4 is 50.8 Å². The van der Waals surface area contributed by atoms with Crippen LogP contribution in [0, 0.1) is 22.7 Å². The second-order valence-electron chi connectivity index (χ2n) is 19.4. The molecule has 0 bridgehead atoms. The summed E-state index contributed by atoms with van der Waals surface area (Å²) in [5.41, 5.74) is 15.7. The highest BCUT2D eigenvalue weighted by molar-refractivity contribution is 6.18. The minimum atomic E-state index is -0.386. The number of nitrogens with one attached hydrogen (secondary N) is 3. The van der Waals surface area contributed by atoms with Crippen LogP contribution in [-0.2, 0) is 5.41 Å². The van der Waals surface area contributed by atoms with Crippen LogP contribution in [0.15, 0.2) is 208 Å². The average Bonchev–Trinajstić information content (AvgIpc) is 3.69. The van der Waals surface area contributed by atoms with E-state index >= 15 is 0 Å². The fraction of sp³-hybridized carbons (Fsp3) is 0.274. The first-order valence-corrected chi connectivity index (χ1v) is 24.7. The fourth-order valence-corrected chi connectivity index (χ4v) is 10.9. The van der Waals surface area contributed by atoms with E-state index in [1.807, 2.05) is 35.4 Å². The van der Waals surface area contributed by atoms with Crippen LogP contribution in [0.2, 0.25) is 0 Å². The molecule has 6 nitrogen and oxygen atoms in total. The van der Waals surface area contributed by atoms with Gasteiger partial charge >= 0.3 is 0 Å². The molecule has 0 fully saturated rings. The Morgan fingerprint density at radius 2 is 1.63 bits per heavy atom. The summed E-state index contributed by atoms with van der Waals surface area (Å²) in [4.78, 5) is 7.12. The first kappa shape index (κ1) is 46.1. The van der Waals surface area contributed by atoms with Crippen molar-refractivity contribution in [2.75, 3.05) is 4.90 Å². The van der Waals surface area contributed by atoms with Gasteiger partial charge in [-0.05, 0) is 158 Å². The van der Waals surface area contributed by atoms with Crippen molar-refractivity contribution in [2.24, 2.45) is 16.8 Å². The van der Waals surface area contributed by atoms with E-state index in [4.69, 9.17) is 4.99 Å². The number of guanidine groups is 1. The average molecular weight is 895 g/mol. The predicted octanol–water partition coefficient (Wildman–Crippen LogP) is 16.0. The molecular formula is C62H66N6. The SMILES string of the molecule is C=C(NC(=N)n1c2ccccc2c2cc3c(cc21)N(C(=N)N=C(C)C(C=CC)=CC1=CC=C(C2=CC=CCC2)CC1)c1ccccc1C3(C)C)/C(CCC)=C(\C)C1=CCC(C2C=CC=CC2)C=C1. The molecule has 3 N–H and O–H groups in total. The van der Waals surface area contributed by atoms with Gasteiger partial charge in [-0.15, -0.1) is 0 Å². The van der Waals surface area contributed by atoms with Gasteiger partial charge in [-0.2, -0.15) is 0 Å². The number of hydrogen-bond acceptors (Lipinski definition) is 2. The van der Waals surface area contributed by atoms with Crippen molar-refractivity contribution in [3.05, 3.63) is 214 Å². The maximum atomic E-state index is 9.87. The van der Waals surface area contributed by atoms with Crippen molar-refractivity contribution in [1.82, 2.24) is 9.88 Å². The van der Waals surface area contributed by atoms with Gasteiger partial charge in [0.05, 0.1) is 22.4 Å². The summed E-state index contributed by atoms with van der Waals surface area (Å²) in [6.07, 6.45) is 41.7. The number of aliphatic imine (C=N–C) groups is 1. The van der Waals surface area contributed by atoms with Crippen LogP contribution in [-0.4, -0.2) is 22.2 Å². The summed E-state index contributed by atoms with van der Waals surface area (Å²) >= 11 is 0. The fourth-order valence-electron chi connectivity index (χ4n) is 10.9. The number of para-hydroxylation sites is 2. The van der Waals surface area contributed by atoms with Crippen molar-refractivity contribution in [3.8, 4) is 0 Å².